The van der Waals surface area contributed by atoms with Crippen molar-refractivity contribution < 1.29 is 12.8 Å². The minimum Gasteiger partial charge on any atom is -0.313 e. The highest BCUT2D eigenvalue weighted by Gasteiger charge is 2.12. The SMILES string of the molecule is Cc1cc(F)ccc1NS(=O)(=O)CCNC(C)C. The van der Waals surface area contributed by atoms with E-state index in [2.05, 4.69) is 10.0 Å². The molecule has 1 rings (SSSR count). The van der Waals surface area contributed by atoms with Crippen molar-refractivity contribution in [3.63, 3.8) is 0 Å². The van der Waals surface area contributed by atoms with Crippen molar-refractivity contribution in [2.45, 2.75) is 26.8 Å². The molecule has 0 saturated heterocycles. The first kappa shape index (κ1) is 14.9. The molecule has 18 heavy (non-hydrogen) atoms. The molecule has 2 N–H and O–H groups in total. The molecule has 0 saturated carbocycles. The first-order valence-corrected chi connectivity index (χ1v) is 7.45. The predicted molar refractivity (Wildman–Crippen MR) is 71.7 cm³/mol. The van der Waals surface area contributed by atoms with Crippen molar-refractivity contribution in [3.05, 3.63) is 29.6 Å². The van der Waals surface area contributed by atoms with Gasteiger partial charge in [0.15, 0.2) is 0 Å². The Kier molecular flexibility index (Phi) is 5.10. The van der Waals surface area contributed by atoms with Gasteiger partial charge in [-0.15, -0.1) is 0 Å². The standard InChI is InChI=1S/C12H19FN2O2S/c1-9(2)14-6-7-18(16,17)15-12-5-4-11(13)8-10(12)3/h4-5,8-9,14-15H,6-7H2,1-3H3. The van der Waals surface area contributed by atoms with Crippen molar-refractivity contribution >= 4 is 15.7 Å². The molecule has 0 aliphatic heterocycles. The molecule has 0 aliphatic carbocycles. The Balaban J connectivity index is 2.65. The first-order chi connectivity index (χ1) is 8.30. The summed E-state index contributed by atoms with van der Waals surface area (Å²) in [6, 6.07) is 4.20. The van der Waals surface area contributed by atoms with E-state index >= 15 is 0 Å². The van der Waals surface area contributed by atoms with Crippen LogP contribution in [0.5, 0.6) is 0 Å². The third kappa shape index (κ3) is 5.01. The van der Waals surface area contributed by atoms with E-state index in [1.54, 1.807) is 6.92 Å². The van der Waals surface area contributed by atoms with Crippen LogP contribution in [0, 0.1) is 12.7 Å². The van der Waals surface area contributed by atoms with Crippen molar-refractivity contribution in [3.8, 4) is 0 Å². The topological polar surface area (TPSA) is 58.2 Å². The summed E-state index contributed by atoms with van der Waals surface area (Å²) in [6.45, 7) is 5.94. The fourth-order valence-electron chi connectivity index (χ4n) is 1.44. The molecule has 0 bridgehead atoms. The number of rotatable bonds is 6. The normalized spacial score (nSPS) is 11.8. The maximum atomic E-state index is 12.9. The summed E-state index contributed by atoms with van der Waals surface area (Å²) < 4.78 is 38.9. The smallest absolute Gasteiger partial charge is 0.233 e. The first-order valence-electron chi connectivity index (χ1n) is 5.80. The van der Waals surface area contributed by atoms with Gasteiger partial charge in [-0.1, -0.05) is 13.8 Å². The molecule has 0 fully saturated rings. The highest BCUT2D eigenvalue weighted by atomic mass is 32.2. The Morgan fingerprint density at radius 1 is 1.33 bits per heavy atom. The van der Waals surface area contributed by atoms with Crippen LogP contribution in [0.2, 0.25) is 0 Å². The van der Waals surface area contributed by atoms with E-state index in [-0.39, 0.29) is 17.6 Å². The third-order valence-electron chi connectivity index (χ3n) is 2.38. The number of hydrogen-bond acceptors (Lipinski definition) is 3. The Labute approximate surface area is 108 Å². The highest BCUT2D eigenvalue weighted by Crippen LogP contribution is 2.16. The van der Waals surface area contributed by atoms with Crippen LogP contribution in [-0.4, -0.2) is 26.8 Å². The molecule has 4 nitrogen and oxygen atoms in total. The predicted octanol–water partition coefficient (Wildman–Crippen LogP) is 1.87. The Bertz CT molecular complexity index is 501. The van der Waals surface area contributed by atoms with E-state index in [9.17, 15) is 12.8 Å². The van der Waals surface area contributed by atoms with Crippen LogP contribution in [-0.2, 0) is 10.0 Å². The molecule has 0 aromatic heterocycles. The average Bonchev–Trinajstić information content (AvgIpc) is 2.21. The van der Waals surface area contributed by atoms with Crippen LogP contribution in [0.15, 0.2) is 18.2 Å². The second-order valence-electron chi connectivity index (χ2n) is 4.49. The van der Waals surface area contributed by atoms with Crippen molar-refractivity contribution in [1.29, 1.82) is 0 Å². The lowest BCUT2D eigenvalue weighted by Gasteiger charge is -2.12. The second kappa shape index (κ2) is 6.15. The lowest BCUT2D eigenvalue weighted by atomic mass is 10.2. The summed E-state index contributed by atoms with van der Waals surface area (Å²) in [4.78, 5) is 0. The van der Waals surface area contributed by atoms with Gasteiger partial charge >= 0.3 is 0 Å². The lowest BCUT2D eigenvalue weighted by Crippen LogP contribution is -2.31. The van der Waals surface area contributed by atoms with Crippen LogP contribution >= 0.6 is 0 Å². The van der Waals surface area contributed by atoms with Crippen LogP contribution in [0.4, 0.5) is 10.1 Å². The number of benzene rings is 1. The molecular formula is C12H19FN2O2S. The molecule has 6 heteroatoms. The summed E-state index contributed by atoms with van der Waals surface area (Å²) in [5.74, 6) is -0.390. The van der Waals surface area contributed by atoms with Crippen molar-refractivity contribution in [1.82, 2.24) is 5.32 Å². The van der Waals surface area contributed by atoms with Gasteiger partial charge in [-0.05, 0) is 30.7 Å². The lowest BCUT2D eigenvalue weighted by molar-refractivity contribution is 0.581. The molecular weight excluding hydrogens is 255 g/mol. The summed E-state index contributed by atoms with van der Waals surface area (Å²) in [7, 11) is -3.40. The molecule has 0 atom stereocenters. The van der Waals surface area contributed by atoms with Gasteiger partial charge in [-0.2, -0.15) is 0 Å². The van der Waals surface area contributed by atoms with Crippen LogP contribution in [0.1, 0.15) is 19.4 Å². The molecule has 0 aliphatic rings. The van der Waals surface area contributed by atoms with Gasteiger partial charge in [-0.25, -0.2) is 12.8 Å². The summed E-state index contributed by atoms with van der Waals surface area (Å²) in [5, 5.41) is 3.03. The fraction of sp³-hybridized carbons (Fsp3) is 0.500. The van der Waals surface area contributed by atoms with E-state index in [4.69, 9.17) is 0 Å². The van der Waals surface area contributed by atoms with Crippen LogP contribution in [0.25, 0.3) is 0 Å². The molecule has 1 aromatic carbocycles. The minimum absolute atomic E-state index is 0.0119. The van der Waals surface area contributed by atoms with Crippen LogP contribution < -0.4 is 10.0 Å². The number of hydrogen-bond donors (Lipinski definition) is 2. The van der Waals surface area contributed by atoms with E-state index in [0.717, 1.165) is 0 Å². The van der Waals surface area contributed by atoms with Gasteiger partial charge < -0.3 is 5.32 Å². The quantitative estimate of drug-likeness (QED) is 0.832. The summed E-state index contributed by atoms with van der Waals surface area (Å²) in [5.41, 5.74) is 0.983. The second-order valence-corrected chi connectivity index (χ2v) is 6.33. The number of aryl methyl sites for hydroxylation is 1. The molecule has 0 amide bonds. The molecule has 0 heterocycles. The third-order valence-corrected chi connectivity index (χ3v) is 3.65. The fourth-order valence-corrected chi connectivity index (χ4v) is 2.49. The van der Waals surface area contributed by atoms with Gasteiger partial charge in [0.25, 0.3) is 0 Å². The van der Waals surface area contributed by atoms with E-state index < -0.39 is 10.0 Å². The zero-order valence-electron chi connectivity index (χ0n) is 10.8. The monoisotopic (exact) mass is 274 g/mol. The highest BCUT2D eigenvalue weighted by molar-refractivity contribution is 7.92. The number of nitrogens with one attached hydrogen (secondary N) is 2. The average molecular weight is 274 g/mol. The van der Waals surface area contributed by atoms with E-state index in [1.807, 2.05) is 13.8 Å². The maximum Gasteiger partial charge on any atom is 0.233 e. The van der Waals surface area contributed by atoms with Gasteiger partial charge in [-0.3, -0.25) is 4.72 Å². The molecule has 0 spiro atoms. The molecule has 0 radical (unpaired) electrons. The summed E-state index contributed by atoms with van der Waals surface area (Å²) >= 11 is 0. The van der Waals surface area contributed by atoms with Crippen molar-refractivity contribution in [2.24, 2.45) is 0 Å². The minimum atomic E-state index is -3.40. The number of anilines is 1. The zero-order valence-corrected chi connectivity index (χ0v) is 11.6. The van der Waals surface area contributed by atoms with Crippen molar-refractivity contribution in [2.75, 3.05) is 17.0 Å². The molecule has 0 unspecified atom stereocenters. The zero-order chi connectivity index (χ0) is 13.8. The van der Waals surface area contributed by atoms with Crippen LogP contribution in [0.3, 0.4) is 0 Å². The van der Waals surface area contributed by atoms with E-state index in [1.165, 1.54) is 18.2 Å². The van der Waals surface area contributed by atoms with Gasteiger partial charge in [0, 0.05) is 12.6 Å². The summed E-state index contributed by atoms with van der Waals surface area (Å²) in [6.07, 6.45) is 0. The Morgan fingerprint density at radius 3 is 2.56 bits per heavy atom. The van der Waals surface area contributed by atoms with Gasteiger partial charge in [0.2, 0.25) is 10.0 Å². The van der Waals surface area contributed by atoms with E-state index in [0.29, 0.717) is 17.8 Å². The number of halogens is 1. The number of sulfonamides is 1. The largest absolute Gasteiger partial charge is 0.313 e. The Morgan fingerprint density at radius 2 is 2.00 bits per heavy atom. The van der Waals surface area contributed by atoms with Gasteiger partial charge in [0.1, 0.15) is 5.82 Å². The Hall–Kier alpha value is -1.14. The van der Waals surface area contributed by atoms with Gasteiger partial charge in [0.05, 0.1) is 11.4 Å². The maximum absolute atomic E-state index is 12.9. The molecule has 1 aromatic rings. The molecule has 102 valence electrons.